The van der Waals surface area contributed by atoms with E-state index in [4.69, 9.17) is 4.74 Å². The Morgan fingerprint density at radius 2 is 2.20 bits per heavy atom. The minimum Gasteiger partial charge on any atom is -0.380 e. The zero-order chi connectivity index (χ0) is 11.1. The molecule has 0 spiro atoms. The highest BCUT2D eigenvalue weighted by Crippen LogP contribution is 2.29. The maximum atomic E-state index is 5.41. The van der Waals surface area contributed by atoms with Crippen molar-refractivity contribution in [3.63, 3.8) is 0 Å². The molecule has 90 valence electrons. The van der Waals surface area contributed by atoms with Crippen LogP contribution in [0.5, 0.6) is 0 Å². The van der Waals surface area contributed by atoms with Crippen LogP contribution in [0.4, 0.5) is 0 Å². The quantitative estimate of drug-likeness (QED) is 0.728. The van der Waals surface area contributed by atoms with E-state index in [9.17, 15) is 0 Å². The summed E-state index contributed by atoms with van der Waals surface area (Å²) in [6, 6.07) is 1.23. The molecular weight excluding hydrogens is 206 g/mol. The molecule has 0 bridgehead atoms. The molecule has 0 saturated heterocycles. The highest BCUT2D eigenvalue weighted by molar-refractivity contribution is 7.99. The summed E-state index contributed by atoms with van der Waals surface area (Å²) in [5, 5.41) is 4.56. The number of rotatable bonds is 7. The van der Waals surface area contributed by atoms with Gasteiger partial charge in [-0.1, -0.05) is 6.92 Å². The summed E-state index contributed by atoms with van der Waals surface area (Å²) >= 11 is 2.12. The average molecular weight is 231 g/mol. The Balaban J connectivity index is 2.12. The van der Waals surface area contributed by atoms with Gasteiger partial charge in [-0.05, 0) is 38.9 Å². The molecule has 1 fully saturated rings. The maximum absolute atomic E-state index is 5.41. The van der Waals surface area contributed by atoms with E-state index in [1.807, 2.05) is 0 Å². The molecule has 0 aromatic carbocycles. The van der Waals surface area contributed by atoms with Crippen LogP contribution in [0.2, 0.25) is 0 Å². The molecule has 0 radical (unpaired) electrons. The predicted octanol–water partition coefficient (Wildman–Crippen LogP) is 2.68. The van der Waals surface area contributed by atoms with Gasteiger partial charge in [0.1, 0.15) is 0 Å². The topological polar surface area (TPSA) is 21.3 Å². The van der Waals surface area contributed by atoms with Crippen molar-refractivity contribution in [3.8, 4) is 0 Å². The zero-order valence-electron chi connectivity index (χ0n) is 10.3. The molecular formula is C12H25NOS. The van der Waals surface area contributed by atoms with Crippen molar-refractivity contribution in [2.45, 2.75) is 57.4 Å². The van der Waals surface area contributed by atoms with Crippen LogP contribution < -0.4 is 5.32 Å². The second-order valence-electron chi connectivity index (χ2n) is 4.31. The van der Waals surface area contributed by atoms with E-state index >= 15 is 0 Å². The van der Waals surface area contributed by atoms with E-state index in [0.29, 0.717) is 6.04 Å². The van der Waals surface area contributed by atoms with Gasteiger partial charge in [-0.25, -0.2) is 0 Å². The minimum atomic E-state index is 0.500. The smallest absolute Gasteiger partial charge is 0.0616 e. The lowest BCUT2D eigenvalue weighted by atomic mass is 10.2. The fourth-order valence-corrected chi connectivity index (χ4v) is 3.37. The molecule has 1 saturated carbocycles. The lowest BCUT2D eigenvalue weighted by Crippen LogP contribution is -2.38. The molecule has 3 heteroatoms. The Labute approximate surface area is 98.5 Å². The van der Waals surface area contributed by atoms with Crippen molar-refractivity contribution >= 4 is 11.8 Å². The Hall–Kier alpha value is 0.270. The molecule has 0 amide bonds. The monoisotopic (exact) mass is 231 g/mol. The van der Waals surface area contributed by atoms with Gasteiger partial charge in [-0.3, -0.25) is 0 Å². The second kappa shape index (κ2) is 7.53. The third-order valence-corrected chi connectivity index (χ3v) is 4.11. The van der Waals surface area contributed by atoms with Crippen LogP contribution in [0.25, 0.3) is 0 Å². The number of ether oxygens (including phenoxy) is 1. The summed E-state index contributed by atoms with van der Waals surface area (Å²) in [5.41, 5.74) is 0. The summed E-state index contributed by atoms with van der Waals surface area (Å²) in [5.74, 6) is 1.26. The zero-order valence-corrected chi connectivity index (χ0v) is 11.1. The first-order valence-electron chi connectivity index (χ1n) is 6.21. The molecule has 1 rings (SSSR count). The molecule has 0 aromatic heterocycles. The molecule has 2 nitrogen and oxygen atoms in total. The van der Waals surface area contributed by atoms with Crippen molar-refractivity contribution in [2.24, 2.45) is 0 Å². The van der Waals surface area contributed by atoms with Crippen molar-refractivity contribution in [3.05, 3.63) is 0 Å². The van der Waals surface area contributed by atoms with Crippen LogP contribution in [-0.4, -0.2) is 36.3 Å². The molecule has 3 atom stereocenters. The minimum absolute atomic E-state index is 0.500. The standard InChI is InChI=1S/C12H25NOS/c1-4-14-9-10(3)13-11-6-7-12(8-11)15-5-2/h10-13H,4-9H2,1-3H3. The first-order chi connectivity index (χ1) is 7.26. The van der Waals surface area contributed by atoms with Crippen molar-refractivity contribution in [1.82, 2.24) is 5.32 Å². The largest absolute Gasteiger partial charge is 0.380 e. The first-order valence-corrected chi connectivity index (χ1v) is 7.26. The van der Waals surface area contributed by atoms with Gasteiger partial charge in [0.2, 0.25) is 0 Å². The summed E-state index contributed by atoms with van der Waals surface area (Å²) in [6.45, 7) is 8.19. The molecule has 3 unspecified atom stereocenters. The summed E-state index contributed by atoms with van der Waals surface area (Å²) in [7, 11) is 0. The molecule has 0 aromatic rings. The van der Waals surface area contributed by atoms with Crippen molar-refractivity contribution in [2.75, 3.05) is 19.0 Å². The van der Waals surface area contributed by atoms with Gasteiger partial charge in [0.15, 0.2) is 0 Å². The van der Waals surface area contributed by atoms with E-state index in [2.05, 4.69) is 37.8 Å². The maximum Gasteiger partial charge on any atom is 0.0616 e. The molecule has 0 aliphatic heterocycles. The van der Waals surface area contributed by atoms with Crippen LogP contribution in [0.15, 0.2) is 0 Å². The Morgan fingerprint density at radius 3 is 2.87 bits per heavy atom. The molecule has 1 aliphatic carbocycles. The van der Waals surface area contributed by atoms with Crippen molar-refractivity contribution in [1.29, 1.82) is 0 Å². The second-order valence-corrected chi connectivity index (χ2v) is 5.89. The van der Waals surface area contributed by atoms with Gasteiger partial charge in [-0.15, -0.1) is 0 Å². The van der Waals surface area contributed by atoms with Gasteiger partial charge in [-0.2, -0.15) is 11.8 Å². The molecule has 0 heterocycles. The number of hydrogen-bond acceptors (Lipinski definition) is 3. The van der Waals surface area contributed by atoms with Gasteiger partial charge in [0.25, 0.3) is 0 Å². The van der Waals surface area contributed by atoms with Gasteiger partial charge in [0.05, 0.1) is 6.61 Å². The van der Waals surface area contributed by atoms with Gasteiger partial charge in [0, 0.05) is 23.9 Å². The fourth-order valence-electron chi connectivity index (χ4n) is 2.22. The van der Waals surface area contributed by atoms with Gasteiger partial charge >= 0.3 is 0 Å². The van der Waals surface area contributed by atoms with E-state index < -0.39 is 0 Å². The molecule has 15 heavy (non-hydrogen) atoms. The fraction of sp³-hybridized carbons (Fsp3) is 1.00. The van der Waals surface area contributed by atoms with Crippen LogP contribution in [-0.2, 0) is 4.74 Å². The summed E-state index contributed by atoms with van der Waals surface area (Å²) in [6.07, 6.45) is 4.07. The highest BCUT2D eigenvalue weighted by atomic mass is 32.2. The summed E-state index contributed by atoms with van der Waals surface area (Å²) in [4.78, 5) is 0. The molecule has 1 aliphatic rings. The average Bonchev–Trinajstić information content (AvgIpc) is 2.63. The normalized spacial score (nSPS) is 28.2. The summed E-state index contributed by atoms with van der Waals surface area (Å²) < 4.78 is 5.41. The predicted molar refractivity (Wildman–Crippen MR) is 68.6 cm³/mol. The highest BCUT2D eigenvalue weighted by Gasteiger charge is 2.25. The Bertz CT molecular complexity index is 166. The lowest BCUT2D eigenvalue weighted by Gasteiger charge is -2.19. The Kier molecular flexibility index (Phi) is 6.69. The number of hydrogen-bond donors (Lipinski definition) is 1. The first kappa shape index (κ1) is 13.3. The van der Waals surface area contributed by atoms with E-state index in [0.717, 1.165) is 24.5 Å². The third-order valence-electron chi connectivity index (χ3n) is 2.88. The van der Waals surface area contributed by atoms with Crippen molar-refractivity contribution < 1.29 is 4.74 Å². The Morgan fingerprint density at radius 1 is 1.40 bits per heavy atom. The van der Waals surface area contributed by atoms with Crippen LogP contribution in [0.1, 0.15) is 40.0 Å². The third kappa shape index (κ3) is 5.23. The number of nitrogens with one attached hydrogen (secondary N) is 1. The molecule has 1 N–H and O–H groups in total. The van der Waals surface area contributed by atoms with Crippen LogP contribution in [0, 0.1) is 0 Å². The number of thioether (sulfide) groups is 1. The van der Waals surface area contributed by atoms with E-state index in [1.165, 1.54) is 25.0 Å². The van der Waals surface area contributed by atoms with E-state index in [1.54, 1.807) is 0 Å². The van der Waals surface area contributed by atoms with Crippen LogP contribution in [0.3, 0.4) is 0 Å². The van der Waals surface area contributed by atoms with Crippen LogP contribution >= 0.6 is 11.8 Å². The van der Waals surface area contributed by atoms with Gasteiger partial charge < -0.3 is 10.1 Å². The SMILES string of the molecule is CCOCC(C)NC1CCC(SCC)C1. The van der Waals surface area contributed by atoms with E-state index in [-0.39, 0.29) is 0 Å². The lowest BCUT2D eigenvalue weighted by molar-refractivity contribution is 0.123.